The van der Waals surface area contributed by atoms with E-state index in [2.05, 4.69) is 11.4 Å². The van der Waals surface area contributed by atoms with Gasteiger partial charge in [-0.1, -0.05) is 24.3 Å². The molecule has 1 aliphatic heterocycles. The molecule has 6 heteroatoms. The van der Waals surface area contributed by atoms with Gasteiger partial charge < -0.3 is 14.6 Å². The van der Waals surface area contributed by atoms with Gasteiger partial charge in [-0.25, -0.2) is 0 Å². The second-order valence-corrected chi connectivity index (χ2v) is 7.44. The van der Waals surface area contributed by atoms with E-state index in [1.807, 2.05) is 50.2 Å². The number of carbonyl (C=O) groups is 1. The van der Waals surface area contributed by atoms with Crippen LogP contribution in [-0.2, 0) is 4.79 Å². The van der Waals surface area contributed by atoms with E-state index in [9.17, 15) is 4.79 Å². The van der Waals surface area contributed by atoms with Crippen LogP contribution in [0.4, 0.5) is 0 Å². The minimum Gasteiger partial charge on any atom is -0.490 e. The second-order valence-electron chi connectivity index (χ2n) is 6.31. The maximum absolute atomic E-state index is 11.0. The Kier molecular flexibility index (Phi) is 6.06. The Bertz CT molecular complexity index is 763. The fourth-order valence-electron chi connectivity index (χ4n) is 2.72. The number of carboxylic acids is 1. The Labute approximate surface area is 157 Å². The van der Waals surface area contributed by atoms with E-state index in [-0.39, 0.29) is 5.37 Å². The van der Waals surface area contributed by atoms with Crippen molar-refractivity contribution in [3.05, 3.63) is 59.2 Å². The zero-order valence-corrected chi connectivity index (χ0v) is 15.7. The van der Waals surface area contributed by atoms with Gasteiger partial charge in [0.2, 0.25) is 0 Å². The zero-order chi connectivity index (χ0) is 18.5. The van der Waals surface area contributed by atoms with Gasteiger partial charge in [-0.3, -0.25) is 10.1 Å². The largest absolute Gasteiger partial charge is 0.490 e. The molecule has 1 aliphatic rings. The van der Waals surface area contributed by atoms with E-state index >= 15 is 0 Å². The fourth-order valence-corrected chi connectivity index (χ4v) is 3.95. The molecule has 1 saturated heterocycles. The number of hydrogen-bond donors (Lipinski definition) is 2. The molecular formula is C20H23NO4S. The first-order chi connectivity index (χ1) is 12.5. The van der Waals surface area contributed by atoms with Crippen LogP contribution in [0.1, 0.15) is 22.1 Å². The van der Waals surface area contributed by atoms with Crippen molar-refractivity contribution in [2.24, 2.45) is 0 Å². The van der Waals surface area contributed by atoms with Gasteiger partial charge in [-0.2, -0.15) is 0 Å². The Hall–Kier alpha value is -2.18. The lowest BCUT2D eigenvalue weighted by Crippen LogP contribution is -2.33. The molecule has 0 saturated carbocycles. The summed E-state index contributed by atoms with van der Waals surface area (Å²) in [6, 6.07) is 13.4. The number of nitrogens with one attached hydrogen (secondary N) is 1. The molecule has 26 heavy (non-hydrogen) atoms. The Morgan fingerprint density at radius 2 is 1.88 bits per heavy atom. The molecule has 0 aliphatic carbocycles. The van der Waals surface area contributed by atoms with E-state index in [1.165, 1.54) is 5.56 Å². The van der Waals surface area contributed by atoms with Crippen molar-refractivity contribution < 1.29 is 19.4 Å². The number of hydrogen-bond acceptors (Lipinski definition) is 5. The maximum atomic E-state index is 11.0. The molecule has 138 valence electrons. The van der Waals surface area contributed by atoms with Crippen molar-refractivity contribution in [3.63, 3.8) is 0 Å². The van der Waals surface area contributed by atoms with Crippen LogP contribution in [0.2, 0.25) is 0 Å². The van der Waals surface area contributed by atoms with Crippen molar-refractivity contribution in [2.75, 3.05) is 19.0 Å². The molecule has 2 atom stereocenters. The highest BCUT2D eigenvalue weighted by atomic mass is 32.2. The average molecular weight is 373 g/mol. The van der Waals surface area contributed by atoms with Gasteiger partial charge in [0.1, 0.15) is 30.8 Å². The first-order valence-corrected chi connectivity index (χ1v) is 9.61. The van der Waals surface area contributed by atoms with Crippen LogP contribution in [0.15, 0.2) is 42.5 Å². The number of ether oxygens (including phenoxy) is 2. The first kappa shape index (κ1) is 18.6. The van der Waals surface area contributed by atoms with Crippen LogP contribution in [0.25, 0.3) is 0 Å². The van der Waals surface area contributed by atoms with Crippen molar-refractivity contribution >= 4 is 17.7 Å². The fraction of sp³-hybridized carbons (Fsp3) is 0.350. The lowest BCUT2D eigenvalue weighted by Gasteiger charge is -2.13. The molecule has 1 fully saturated rings. The predicted octanol–water partition coefficient (Wildman–Crippen LogP) is 3.55. The summed E-state index contributed by atoms with van der Waals surface area (Å²) >= 11 is 1.61. The minimum atomic E-state index is -0.802. The summed E-state index contributed by atoms with van der Waals surface area (Å²) in [6.07, 6.45) is 0. The highest BCUT2D eigenvalue weighted by Gasteiger charge is 2.30. The molecule has 3 rings (SSSR count). The molecular weight excluding hydrogens is 350 g/mol. The van der Waals surface area contributed by atoms with E-state index in [1.54, 1.807) is 11.8 Å². The number of rotatable bonds is 7. The van der Waals surface area contributed by atoms with E-state index in [4.69, 9.17) is 14.6 Å². The number of aliphatic carboxylic acids is 1. The summed E-state index contributed by atoms with van der Waals surface area (Å²) in [5.74, 6) is 1.44. The van der Waals surface area contributed by atoms with Crippen LogP contribution in [0.3, 0.4) is 0 Å². The third-order valence-corrected chi connectivity index (χ3v) is 5.48. The summed E-state index contributed by atoms with van der Waals surface area (Å²) in [6.45, 7) is 5.01. The monoisotopic (exact) mass is 373 g/mol. The smallest absolute Gasteiger partial charge is 0.321 e. The molecule has 2 N–H and O–H groups in total. The second kappa shape index (κ2) is 8.47. The minimum absolute atomic E-state index is 0.0118. The normalized spacial score (nSPS) is 19.3. The molecule has 5 nitrogen and oxygen atoms in total. The molecule has 2 aromatic carbocycles. The van der Waals surface area contributed by atoms with Gasteiger partial charge in [0.25, 0.3) is 0 Å². The summed E-state index contributed by atoms with van der Waals surface area (Å²) in [5, 5.41) is 12.2. The third-order valence-electron chi connectivity index (χ3n) is 4.22. The average Bonchev–Trinajstić information content (AvgIpc) is 3.12. The van der Waals surface area contributed by atoms with Crippen LogP contribution >= 0.6 is 11.8 Å². The topological polar surface area (TPSA) is 67.8 Å². The molecule has 2 aromatic rings. The predicted molar refractivity (Wildman–Crippen MR) is 103 cm³/mol. The number of benzene rings is 2. The summed E-state index contributed by atoms with van der Waals surface area (Å²) in [4.78, 5) is 11.0. The van der Waals surface area contributed by atoms with Gasteiger partial charge in [0, 0.05) is 5.75 Å². The molecule has 0 spiro atoms. The molecule has 2 unspecified atom stereocenters. The van der Waals surface area contributed by atoms with Gasteiger partial charge >= 0.3 is 5.97 Å². The Morgan fingerprint density at radius 3 is 2.58 bits per heavy atom. The van der Waals surface area contributed by atoms with Crippen LogP contribution in [0.5, 0.6) is 11.5 Å². The maximum Gasteiger partial charge on any atom is 0.321 e. The standard InChI is InChI=1S/C20H23NO4S/c1-13-3-4-14(2)18(11-13)25-10-9-24-16-7-5-15(6-8-16)19-21-17(12-26-19)20(22)23/h3-8,11,17,19,21H,9-10,12H2,1-2H3,(H,22,23). The lowest BCUT2D eigenvalue weighted by atomic mass is 10.1. The van der Waals surface area contributed by atoms with Gasteiger partial charge in [0.05, 0.1) is 5.37 Å². The Morgan fingerprint density at radius 1 is 1.15 bits per heavy atom. The third kappa shape index (κ3) is 4.71. The summed E-state index contributed by atoms with van der Waals surface area (Å²) in [5.41, 5.74) is 3.34. The van der Waals surface area contributed by atoms with Crippen molar-refractivity contribution in [1.29, 1.82) is 0 Å². The van der Waals surface area contributed by atoms with Crippen LogP contribution < -0.4 is 14.8 Å². The molecule has 0 bridgehead atoms. The van der Waals surface area contributed by atoms with Gasteiger partial charge in [0.15, 0.2) is 0 Å². The summed E-state index contributed by atoms with van der Waals surface area (Å²) < 4.78 is 11.5. The highest BCUT2D eigenvalue weighted by molar-refractivity contribution is 7.99. The van der Waals surface area contributed by atoms with Crippen LogP contribution in [0, 0.1) is 13.8 Å². The van der Waals surface area contributed by atoms with Crippen molar-refractivity contribution in [2.45, 2.75) is 25.3 Å². The van der Waals surface area contributed by atoms with E-state index in [0.717, 1.165) is 22.6 Å². The van der Waals surface area contributed by atoms with Gasteiger partial charge in [-0.05, 0) is 48.7 Å². The van der Waals surface area contributed by atoms with Crippen molar-refractivity contribution in [3.8, 4) is 11.5 Å². The number of aryl methyl sites for hydroxylation is 2. The van der Waals surface area contributed by atoms with Crippen molar-refractivity contribution in [1.82, 2.24) is 5.32 Å². The zero-order valence-electron chi connectivity index (χ0n) is 14.9. The molecule has 0 aromatic heterocycles. The molecule has 0 radical (unpaired) electrons. The van der Waals surface area contributed by atoms with E-state index < -0.39 is 12.0 Å². The highest BCUT2D eigenvalue weighted by Crippen LogP contribution is 2.33. The molecule has 0 amide bonds. The Balaban J connectivity index is 1.46. The molecule has 1 heterocycles. The quantitative estimate of drug-likeness (QED) is 0.724. The number of thioether (sulfide) groups is 1. The SMILES string of the molecule is Cc1ccc(C)c(OCCOc2ccc(C3NC(C(=O)O)CS3)cc2)c1. The van der Waals surface area contributed by atoms with Gasteiger partial charge in [-0.15, -0.1) is 11.8 Å². The van der Waals surface area contributed by atoms with E-state index in [0.29, 0.717) is 19.0 Å². The first-order valence-electron chi connectivity index (χ1n) is 8.56. The lowest BCUT2D eigenvalue weighted by molar-refractivity contribution is -0.138. The summed E-state index contributed by atoms with van der Waals surface area (Å²) in [7, 11) is 0. The van der Waals surface area contributed by atoms with Crippen LogP contribution in [-0.4, -0.2) is 36.1 Å². The number of carboxylic acid groups (broad SMARTS) is 1.